The predicted molar refractivity (Wildman–Crippen MR) is 74.1 cm³/mol. The number of piperidine rings is 1. The van der Waals surface area contributed by atoms with E-state index in [2.05, 4.69) is 11.0 Å². The van der Waals surface area contributed by atoms with Gasteiger partial charge in [-0.2, -0.15) is 5.26 Å². The van der Waals surface area contributed by atoms with Gasteiger partial charge in [0.1, 0.15) is 0 Å². The number of aliphatic hydroxyl groups is 1. The van der Waals surface area contributed by atoms with Crippen molar-refractivity contribution in [3.8, 4) is 6.07 Å². The van der Waals surface area contributed by atoms with Crippen molar-refractivity contribution in [3.05, 3.63) is 0 Å². The molecule has 0 spiro atoms. The molecule has 0 amide bonds. The van der Waals surface area contributed by atoms with Gasteiger partial charge in [0.15, 0.2) is 0 Å². The maximum Gasteiger partial charge on any atom is 0.0683 e. The molecule has 0 saturated carbocycles. The average Bonchev–Trinajstić information content (AvgIpc) is 2.36. The lowest BCUT2D eigenvalue weighted by molar-refractivity contribution is 0.145. The van der Waals surface area contributed by atoms with Crippen LogP contribution in [0.15, 0.2) is 0 Å². The minimum Gasteiger partial charge on any atom is -0.396 e. The second-order valence-corrected chi connectivity index (χ2v) is 6.27. The first kappa shape index (κ1) is 15.5. The molecule has 1 fully saturated rings. The van der Waals surface area contributed by atoms with Crippen molar-refractivity contribution >= 4 is 0 Å². The second kappa shape index (κ2) is 7.76. The molecule has 3 heteroatoms. The van der Waals surface area contributed by atoms with Crippen LogP contribution in [0.3, 0.4) is 0 Å². The fraction of sp³-hybridized carbons (Fsp3) is 0.933. The van der Waals surface area contributed by atoms with Crippen molar-refractivity contribution in [3.63, 3.8) is 0 Å². The molecule has 1 saturated heterocycles. The summed E-state index contributed by atoms with van der Waals surface area (Å²) in [7, 11) is 0. The summed E-state index contributed by atoms with van der Waals surface area (Å²) < 4.78 is 0. The van der Waals surface area contributed by atoms with Gasteiger partial charge in [0.2, 0.25) is 0 Å². The molecule has 0 aromatic heterocycles. The number of rotatable bonds is 7. The summed E-state index contributed by atoms with van der Waals surface area (Å²) in [6.45, 7) is 7.89. The molecule has 1 heterocycles. The van der Waals surface area contributed by atoms with Crippen LogP contribution in [-0.2, 0) is 0 Å². The van der Waals surface area contributed by atoms with E-state index in [1.807, 2.05) is 13.8 Å². The molecule has 0 aromatic carbocycles. The van der Waals surface area contributed by atoms with Gasteiger partial charge in [-0.05, 0) is 65.0 Å². The molecule has 1 rings (SSSR count). The highest BCUT2D eigenvalue weighted by Crippen LogP contribution is 2.23. The van der Waals surface area contributed by atoms with Crippen LogP contribution in [0.1, 0.15) is 52.4 Å². The van der Waals surface area contributed by atoms with Gasteiger partial charge in [-0.1, -0.05) is 6.42 Å². The van der Waals surface area contributed by atoms with Crippen molar-refractivity contribution < 1.29 is 5.11 Å². The Balaban J connectivity index is 2.14. The molecule has 0 bridgehead atoms. The molecular weight excluding hydrogens is 224 g/mol. The highest BCUT2D eigenvalue weighted by molar-refractivity contribution is 4.91. The third-order valence-corrected chi connectivity index (χ3v) is 3.97. The molecule has 1 unspecified atom stereocenters. The minimum absolute atomic E-state index is 0.165. The first-order chi connectivity index (χ1) is 8.57. The van der Waals surface area contributed by atoms with E-state index >= 15 is 0 Å². The van der Waals surface area contributed by atoms with E-state index < -0.39 is 0 Å². The van der Waals surface area contributed by atoms with Crippen molar-refractivity contribution in [2.24, 2.45) is 11.3 Å². The van der Waals surface area contributed by atoms with Crippen LogP contribution in [0.5, 0.6) is 0 Å². The third-order valence-electron chi connectivity index (χ3n) is 3.97. The monoisotopic (exact) mass is 252 g/mol. The normalized spacial score (nSPS) is 21.8. The molecule has 18 heavy (non-hydrogen) atoms. The fourth-order valence-electron chi connectivity index (χ4n) is 2.73. The Labute approximate surface area is 112 Å². The smallest absolute Gasteiger partial charge is 0.0683 e. The standard InChI is InChI=1S/C15H28N2O/c1-15(2,13-16)8-3-4-9-17-10-5-6-14(12-17)7-11-18/h14,18H,3-12H2,1-2H3. The predicted octanol–water partition coefficient (Wildman–Crippen LogP) is 2.80. The van der Waals surface area contributed by atoms with Gasteiger partial charge in [-0.15, -0.1) is 0 Å². The number of hydrogen-bond donors (Lipinski definition) is 1. The summed E-state index contributed by atoms with van der Waals surface area (Å²) in [5, 5.41) is 17.9. The van der Waals surface area contributed by atoms with Crippen LogP contribution in [-0.4, -0.2) is 36.2 Å². The Morgan fingerprint density at radius 2 is 2.17 bits per heavy atom. The van der Waals surface area contributed by atoms with Crippen molar-refractivity contribution in [1.82, 2.24) is 4.90 Å². The summed E-state index contributed by atoms with van der Waals surface area (Å²) in [5.41, 5.74) is -0.165. The van der Waals surface area contributed by atoms with Crippen LogP contribution in [0.25, 0.3) is 0 Å². The van der Waals surface area contributed by atoms with E-state index in [9.17, 15) is 0 Å². The van der Waals surface area contributed by atoms with Crippen molar-refractivity contribution in [2.45, 2.75) is 52.4 Å². The van der Waals surface area contributed by atoms with Gasteiger partial charge in [-0.3, -0.25) is 0 Å². The molecule has 3 nitrogen and oxygen atoms in total. The van der Waals surface area contributed by atoms with E-state index in [0.717, 1.165) is 32.4 Å². The molecule has 0 aliphatic carbocycles. The SMILES string of the molecule is CC(C)(C#N)CCCCN1CCCC(CCO)C1. The number of unbranched alkanes of at least 4 members (excludes halogenated alkanes) is 1. The first-order valence-corrected chi connectivity index (χ1v) is 7.32. The Bertz CT molecular complexity index is 268. The molecule has 1 atom stereocenters. The van der Waals surface area contributed by atoms with Gasteiger partial charge in [0, 0.05) is 13.2 Å². The van der Waals surface area contributed by atoms with Crippen molar-refractivity contribution in [1.29, 1.82) is 5.26 Å². The molecule has 104 valence electrons. The van der Waals surface area contributed by atoms with Gasteiger partial charge in [0.25, 0.3) is 0 Å². The number of likely N-dealkylation sites (tertiary alicyclic amines) is 1. The summed E-state index contributed by atoms with van der Waals surface area (Å²) in [5.74, 6) is 0.694. The highest BCUT2D eigenvalue weighted by atomic mass is 16.3. The lowest BCUT2D eigenvalue weighted by Crippen LogP contribution is -2.36. The Hall–Kier alpha value is -0.590. The number of nitrogens with zero attached hydrogens (tertiary/aromatic N) is 2. The Morgan fingerprint density at radius 3 is 2.83 bits per heavy atom. The van der Waals surface area contributed by atoms with E-state index in [0.29, 0.717) is 12.5 Å². The zero-order chi connectivity index (χ0) is 13.4. The van der Waals surface area contributed by atoms with E-state index in [1.54, 1.807) is 0 Å². The molecule has 1 aliphatic heterocycles. The second-order valence-electron chi connectivity index (χ2n) is 6.27. The van der Waals surface area contributed by atoms with E-state index in [-0.39, 0.29) is 5.41 Å². The largest absolute Gasteiger partial charge is 0.396 e. The number of nitriles is 1. The van der Waals surface area contributed by atoms with Crippen LogP contribution < -0.4 is 0 Å². The first-order valence-electron chi connectivity index (χ1n) is 7.32. The molecule has 1 aliphatic rings. The summed E-state index contributed by atoms with van der Waals surface area (Å²) in [4.78, 5) is 2.53. The third kappa shape index (κ3) is 5.84. The minimum atomic E-state index is -0.165. The van der Waals surface area contributed by atoms with Gasteiger partial charge < -0.3 is 10.0 Å². The lowest BCUT2D eigenvalue weighted by Gasteiger charge is -2.32. The Kier molecular flexibility index (Phi) is 6.67. The Morgan fingerprint density at radius 1 is 1.39 bits per heavy atom. The summed E-state index contributed by atoms with van der Waals surface area (Å²) in [6, 6.07) is 2.36. The van der Waals surface area contributed by atoms with E-state index in [4.69, 9.17) is 10.4 Å². The zero-order valence-electron chi connectivity index (χ0n) is 12.0. The summed E-state index contributed by atoms with van der Waals surface area (Å²) in [6.07, 6.45) is 6.83. The fourth-order valence-corrected chi connectivity index (χ4v) is 2.73. The summed E-state index contributed by atoms with van der Waals surface area (Å²) >= 11 is 0. The molecule has 1 N–H and O–H groups in total. The molecule has 0 aromatic rings. The lowest BCUT2D eigenvalue weighted by atomic mass is 9.89. The van der Waals surface area contributed by atoms with Crippen LogP contribution in [0.2, 0.25) is 0 Å². The average molecular weight is 252 g/mol. The van der Waals surface area contributed by atoms with Crippen LogP contribution in [0.4, 0.5) is 0 Å². The number of hydrogen-bond acceptors (Lipinski definition) is 3. The van der Waals surface area contributed by atoms with Gasteiger partial charge in [0.05, 0.1) is 11.5 Å². The van der Waals surface area contributed by atoms with Gasteiger partial charge in [-0.25, -0.2) is 0 Å². The van der Waals surface area contributed by atoms with E-state index in [1.165, 1.54) is 25.8 Å². The maximum absolute atomic E-state index is 8.99. The van der Waals surface area contributed by atoms with Crippen molar-refractivity contribution in [2.75, 3.05) is 26.2 Å². The van der Waals surface area contributed by atoms with Crippen LogP contribution >= 0.6 is 0 Å². The van der Waals surface area contributed by atoms with Gasteiger partial charge >= 0.3 is 0 Å². The van der Waals surface area contributed by atoms with Crippen LogP contribution in [0, 0.1) is 22.7 Å². The topological polar surface area (TPSA) is 47.3 Å². The quantitative estimate of drug-likeness (QED) is 0.709. The number of aliphatic hydroxyl groups excluding tert-OH is 1. The maximum atomic E-state index is 8.99. The molecule has 0 radical (unpaired) electrons. The highest BCUT2D eigenvalue weighted by Gasteiger charge is 2.20. The molecular formula is C15H28N2O. The zero-order valence-corrected chi connectivity index (χ0v) is 12.0.